The van der Waals surface area contributed by atoms with Crippen LogP contribution >= 0.6 is 11.6 Å². The van der Waals surface area contributed by atoms with Crippen LogP contribution < -0.4 is 5.32 Å². The molecule has 0 radical (unpaired) electrons. The smallest absolute Gasteiger partial charge is 0.0406 e. The van der Waals surface area contributed by atoms with Crippen molar-refractivity contribution >= 4 is 11.6 Å². The second-order valence-electron chi connectivity index (χ2n) is 4.54. The summed E-state index contributed by atoms with van der Waals surface area (Å²) in [7, 11) is 0. The minimum atomic E-state index is 0.804. The van der Waals surface area contributed by atoms with E-state index >= 15 is 0 Å². The molecule has 3 heteroatoms. The van der Waals surface area contributed by atoms with Crippen molar-refractivity contribution in [2.75, 3.05) is 26.2 Å². The van der Waals surface area contributed by atoms with E-state index in [2.05, 4.69) is 36.2 Å². The molecule has 0 aliphatic heterocycles. The van der Waals surface area contributed by atoms with Crippen LogP contribution in [-0.4, -0.2) is 31.1 Å². The maximum Gasteiger partial charge on any atom is 0.0406 e. The van der Waals surface area contributed by atoms with Crippen LogP contribution in [0.1, 0.15) is 32.3 Å². The van der Waals surface area contributed by atoms with Gasteiger partial charge in [0, 0.05) is 11.6 Å². The molecular formula is C15H25ClN2. The molecule has 0 saturated carbocycles. The molecule has 0 spiro atoms. The van der Waals surface area contributed by atoms with E-state index in [0.29, 0.717) is 0 Å². The third-order valence-corrected chi connectivity index (χ3v) is 3.47. The molecule has 1 rings (SSSR count). The highest BCUT2D eigenvalue weighted by Crippen LogP contribution is 2.09. The molecule has 1 aromatic carbocycles. The van der Waals surface area contributed by atoms with E-state index < -0.39 is 0 Å². The molecule has 0 atom stereocenters. The summed E-state index contributed by atoms with van der Waals surface area (Å²) in [4.78, 5) is 2.47. The highest BCUT2D eigenvalue weighted by Gasteiger charge is 1.98. The first-order valence-corrected chi connectivity index (χ1v) is 7.31. The number of nitrogens with one attached hydrogen (secondary N) is 1. The Morgan fingerprint density at radius 3 is 2.33 bits per heavy atom. The maximum absolute atomic E-state index is 5.85. The lowest BCUT2D eigenvalue weighted by molar-refractivity contribution is 0.296. The summed E-state index contributed by atoms with van der Waals surface area (Å²) >= 11 is 5.85. The largest absolute Gasteiger partial charge is 0.313 e. The Hall–Kier alpha value is -0.570. The fraction of sp³-hybridized carbons (Fsp3) is 0.600. The summed E-state index contributed by atoms with van der Waals surface area (Å²) in [6.07, 6.45) is 2.51. The van der Waals surface area contributed by atoms with Gasteiger partial charge in [-0.05, 0) is 56.7 Å². The molecular weight excluding hydrogens is 244 g/mol. The summed E-state index contributed by atoms with van der Waals surface area (Å²) in [5.74, 6) is 0. The second kappa shape index (κ2) is 9.37. The summed E-state index contributed by atoms with van der Waals surface area (Å²) in [5.41, 5.74) is 1.29. The summed E-state index contributed by atoms with van der Waals surface area (Å²) in [5, 5.41) is 4.27. The van der Waals surface area contributed by atoms with Crippen molar-refractivity contribution in [3.05, 3.63) is 34.9 Å². The lowest BCUT2D eigenvalue weighted by atomic mass is 10.2. The first-order valence-electron chi connectivity index (χ1n) is 6.93. The summed E-state index contributed by atoms with van der Waals surface area (Å²) < 4.78 is 0. The fourth-order valence-electron chi connectivity index (χ4n) is 1.96. The van der Waals surface area contributed by atoms with Crippen molar-refractivity contribution in [3.8, 4) is 0 Å². The van der Waals surface area contributed by atoms with Gasteiger partial charge in [0.2, 0.25) is 0 Å². The molecule has 0 aliphatic rings. The number of hydrogen-bond donors (Lipinski definition) is 1. The lowest BCUT2D eigenvalue weighted by Crippen LogP contribution is -2.25. The van der Waals surface area contributed by atoms with Crippen molar-refractivity contribution in [2.24, 2.45) is 0 Å². The predicted octanol–water partition coefficient (Wildman–Crippen LogP) is 3.55. The van der Waals surface area contributed by atoms with E-state index in [9.17, 15) is 0 Å². The van der Waals surface area contributed by atoms with E-state index in [1.165, 1.54) is 24.9 Å². The third-order valence-electron chi connectivity index (χ3n) is 3.21. The zero-order valence-corrected chi connectivity index (χ0v) is 12.3. The highest BCUT2D eigenvalue weighted by atomic mass is 35.5. The second-order valence-corrected chi connectivity index (χ2v) is 4.97. The molecule has 0 saturated heterocycles. The van der Waals surface area contributed by atoms with Crippen molar-refractivity contribution in [1.82, 2.24) is 10.2 Å². The lowest BCUT2D eigenvalue weighted by Gasteiger charge is -2.17. The number of halogens is 1. The van der Waals surface area contributed by atoms with Crippen LogP contribution in [0.4, 0.5) is 0 Å². The predicted molar refractivity (Wildman–Crippen MR) is 80.2 cm³/mol. The van der Waals surface area contributed by atoms with Crippen LogP contribution in [0.5, 0.6) is 0 Å². The van der Waals surface area contributed by atoms with Crippen LogP contribution in [0, 0.1) is 0 Å². The van der Waals surface area contributed by atoms with E-state index in [1.807, 2.05) is 12.1 Å². The van der Waals surface area contributed by atoms with Gasteiger partial charge in [0.15, 0.2) is 0 Å². The van der Waals surface area contributed by atoms with Gasteiger partial charge in [0.05, 0.1) is 0 Å². The Kier molecular flexibility index (Phi) is 8.06. The van der Waals surface area contributed by atoms with Crippen LogP contribution in [-0.2, 0) is 6.54 Å². The van der Waals surface area contributed by atoms with Crippen molar-refractivity contribution in [1.29, 1.82) is 0 Å². The van der Waals surface area contributed by atoms with Crippen molar-refractivity contribution in [3.63, 3.8) is 0 Å². The van der Waals surface area contributed by atoms with Crippen LogP contribution in [0.2, 0.25) is 5.02 Å². The van der Waals surface area contributed by atoms with Gasteiger partial charge in [-0.25, -0.2) is 0 Å². The Morgan fingerprint density at radius 1 is 1.06 bits per heavy atom. The number of nitrogens with zero attached hydrogens (tertiary/aromatic N) is 1. The Bertz CT molecular complexity index is 307. The minimum absolute atomic E-state index is 0.804. The van der Waals surface area contributed by atoms with E-state index in [0.717, 1.165) is 31.2 Å². The molecule has 0 aromatic heterocycles. The highest BCUT2D eigenvalue weighted by molar-refractivity contribution is 6.30. The van der Waals surface area contributed by atoms with Gasteiger partial charge in [-0.2, -0.15) is 0 Å². The quantitative estimate of drug-likeness (QED) is 0.689. The molecule has 0 bridgehead atoms. The van der Waals surface area contributed by atoms with Gasteiger partial charge >= 0.3 is 0 Å². The van der Waals surface area contributed by atoms with Gasteiger partial charge in [0.1, 0.15) is 0 Å². The number of rotatable bonds is 9. The summed E-state index contributed by atoms with van der Waals surface area (Å²) in [6.45, 7) is 10.0. The average Bonchev–Trinajstić information content (AvgIpc) is 2.40. The zero-order valence-electron chi connectivity index (χ0n) is 11.6. The van der Waals surface area contributed by atoms with Crippen LogP contribution in [0.15, 0.2) is 24.3 Å². The SMILES string of the molecule is CCN(CC)CCCCNCc1ccc(Cl)cc1. The Labute approximate surface area is 116 Å². The average molecular weight is 269 g/mol. The van der Waals surface area contributed by atoms with E-state index in [1.54, 1.807) is 0 Å². The fourth-order valence-corrected chi connectivity index (χ4v) is 2.09. The zero-order chi connectivity index (χ0) is 13.2. The maximum atomic E-state index is 5.85. The molecule has 18 heavy (non-hydrogen) atoms. The third kappa shape index (κ3) is 6.39. The van der Waals surface area contributed by atoms with E-state index in [-0.39, 0.29) is 0 Å². The Balaban J connectivity index is 2.03. The minimum Gasteiger partial charge on any atom is -0.313 e. The topological polar surface area (TPSA) is 15.3 Å². The number of unbranched alkanes of at least 4 members (excludes halogenated alkanes) is 1. The molecule has 102 valence electrons. The molecule has 0 amide bonds. The molecule has 0 aliphatic carbocycles. The number of hydrogen-bond acceptors (Lipinski definition) is 2. The first-order chi connectivity index (χ1) is 8.76. The standard InChI is InChI=1S/C15H25ClN2/c1-3-18(4-2)12-6-5-11-17-13-14-7-9-15(16)10-8-14/h7-10,17H,3-6,11-13H2,1-2H3. The number of benzene rings is 1. The molecule has 1 aromatic rings. The van der Waals surface area contributed by atoms with Gasteiger partial charge in [-0.15, -0.1) is 0 Å². The van der Waals surface area contributed by atoms with Crippen molar-refractivity contribution < 1.29 is 0 Å². The normalized spacial score (nSPS) is 11.1. The molecule has 0 heterocycles. The molecule has 2 nitrogen and oxygen atoms in total. The van der Waals surface area contributed by atoms with Crippen molar-refractivity contribution in [2.45, 2.75) is 33.2 Å². The van der Waals surface area contributed by atoms with Gasteiger partial charge in [0.25, 0.3) is 0 Å². The molecule has 0 unspecified atom stereocenters. The molecule has 0 fully saturated rings. The van der Waals surface area contributed by atoms with E-state index in [4.69, 9.17) is 11.6 Å². The van der Waals surface area contributed by atoms with Crippen LogP contribution in [0.25, 0.3) is 0 Å². The monoisotopic (exact) mass is 268 g/mol. The Morgan fingerprint density at radius 2 is 1.72 bits per heavy atom. The van der Waals surface area contributed by atoms with Gasteiger partial charge < -0.3 is 10.2 Å². The summed E-state index contributed by atoms with van der Waals surface area (Å²) in [6, 6.07) is 8.04. The van der Waals surface area contributed by atoms with Gasteiger partial charge in [-0.3, -0.25) is 0 Å². The molecule has 1 N–H and O–H groups in total. The van der Waals surface area contributed by atoms with Gasteiger partial charge in [-0.1, -0.05) is 37.6 Å². The first kappa shape index (κ1) is 15.5. The van der Waals surface area contributed by atoms with Crippen LogP contribution in [0.3, 0.4) is 0 Å².